The number of aromatic nitrogens is 1. The van der Waals surface area contributed by atoms with Gasteiger partial charge in [-0.25, -0.2) is 4.39 Å². The quantitative estimate of drug-likeness (QED) is 0.804. The number of hydrogen-bond donors (Lipinski definition) is 2. The third-order valence-electron chi connectivity index (χ3n) is 4.75. The minimum atomic E-state index is -0.677. The molecule has 5 nitrogen and oxygen atoms in total. The number of nitrogens with zero attached hydrogens (tertiary/aromatic N) is 1. The van der Waals surface area contributed by atoms with Crippen molar-refractivity contribution in [2.75, 3.05) is 20.1 Å². The maximum absolute atomic E-state index is 14.1. The van der Waals surface area contributed by atoms with E-state index in [9.17, 15) is 14.0 Å². The monoisotopic (exact) mass is 377 g/mol. The number of hydrogen-bond acceptors (Lipinski definition) is 3. The predicted octanol–water partition coefficient (Wildman–Crippen LogP) is 3.17. The molecule has 2 heterocycles. The van der Waals surface area contributed by atoms with Crippen molar-refractivity contribution < 1.29 is 14.0 Å². The highest BCUT2D eigenvalue weighted by Crippen LogP contribution is 2.26. The number of nitrogens with one attached hydrogen (secondary N) is 2. The zero-order valence-corrected chi connectivity index (χ0v) is 15.5. The third kappa shape index (κ3) is 3.81. The molecule has 2 N–H and O–H groups in total. The van der Waals surface area contributed by atoms with E-state index in [4.69, 9.17) is 11.6 Å². The zero-order valence-electron chi connectivity index (χ0n) is 14.7. The summed E-state index contributed by atoms with van der Waals surface area (Å²) in [5.41, 5.74) is 0.918. The summed E-state index contributed by atoms with van der Waals surface area (Å²) in [6.45, 7) is 3.57. The lowest BCUT2D eigenvalue weighted by Crippen LogP contribution is -2.43. The van der Waals surface area contributed by atoms with Crippen molar-refractivity contribution in [3.8, 4) is 0 Å². The highest BCUT2D eigenvalue weighted by atomic mass is 35.5. The third-order valence-corrected chi connectivity index (χ3v) is 5.24. The molecule has 7 heteroatoms. The molecule has 0 radical (unpaired) electrons. The number of aryl methyl sites for hydroxylation is 1. The van der Waals surface area contributed by atoms with Gasteiger partial charge < -0.3 is 15.2 Å². The molecule has 3 rings (SSSR count). The van der Waals surface area contributed by atoms with Crippen molar-refractivity contribution in [1.29, 1.82) is 0 Å². The summed E-state index contributed by atoms with van der Waals surface area (Å²) in [7, 11) is 2.05. The van der Waals surface area contributed by atoms with Crippen molar-refractivity contribution >= 4 is 23.3 Å². The van der Waals surface area contributed by atoms with Crippen LogP contribution in [-0.2, 0) is 0 Å². The largest absolute Gasteiger partial charge is 0.356 e. The van der Waals surface area contributed by atoms with E-state index in [1.54, 1.807) is 6.92 Å². The van der Waals surface area contributed by atoms with Gasteiger partial charge in [-0.05, 0) is 57.6 Å². The van der Waals surface area contributed by atoms with Crippen molar-refractivity contribution in [3.05, 3.63) is 57.6 Å². The van der Waals surface area contributed by atoms with Crippen LogP contribution in [0.3, 0.4) is 0 Å². The van der Waals surface area contributed by atoms with E-state index in [0.29, 0.717) is 5.56 Å². The topological polar surface area (TPSA) is 65.2 Å². The minimum absolute atomic E-state index is 0.0912. The molecule has 1 aliphatic rings. The van der Waals surface area contributed by atoms with Crippen LogP contribution in [0.15, 0.2) is 24.4 Å². The second-order valence-electron chi connectivity index (χ2n) is 6.74. The van der Waals surface area contributed by atoms with Gasteiger partial charge in [0.2, 0.25) is 0 Å². The van der Waals surface area contributed by atoms with Gasteiger partial charge in [-0.2, -0.15) is 0 Å². The Balaban J connectivity index is 1.74. The Morgan fingerprint density at radius 2 is 2.00 bits per heavy atom. The van der Waals surface area contributed by atoms with E-state index in [1.165, 1.54) is 24.4 Å². The number of rotatable bonds is 4. The molecular formula is C19H21ClFN3O2. The van der Waals surface area contributed by atoms with Crippen LogP contribution in [0.5, 0.6) is 0 Å². The second kappa shape index (κ2) is 7.60. The average molecular weight is 378 g/mol. The fraction of sp³-hybridized carbons (Fsp3) is 0.368. The van der Waals surface area contributed by atoms with Crippen LogP contribution in [0.1, 0.15) is 44.8 Å². The van der Waals surface area contributed by atoms with E-state index < -0.39 is 11.6 Å². The fourth-order valence-electron chi connectivity index (χ4n) is 3.08. The maximum Gasteiger partial charge on any atom is 0.267 e. The van der Waals surface area contributed by atoms with E-state index in [1.807, 2.05) is 0 Å². The zero-order chi connectivity index (χ0) is 18.8. The second-order valence-corrected chi connectivity index (χ2v) is 7.11. The highest BCUT2D eigenvalue weighted by Gasteiger charge is 2.23. The SMILES string of the molecule is Cc1ccc(F)c(C(=O)c2c[nH]c(C(=O)NC3CCN(C)CC3)c2)c1Cl. The summed E-state index contributed by atoms with van der Waals surface area (Å²) >= 11 is 6.10. The van der Waals surface area contributed by atoms with Gasteiger partial charge in [0.05, 0.1) is 10.6 Å². The molecule has 0 saturated carbocycles. The Hall–Kier alpha value is -2.18. The number of amides is 1. The van der Waals surface area contributed by atoms with Crippen LogP contribution in [0, 0.1) is 12.7 Å². The molecule has 1 fully saturated rings. The molecule has 0 unspecified atom stereocenters. The van der Waals surface area contributed by atoms with Gasteiger partial charge in [-0.1, -0.05) is 17.7 Å². The Bertz CT molecular complexity index is 841. The van der Waals surface area contributed by atoms with E-state index >= 15 is 0 Å². The van der Waals surface area contributed by atoms with Crippen LogP contribution >= 0.6 is 11.6 Å². The molecule has 1 saturated heterocycles. The standard InChI is InChI=1S/C19H21ClFN3O2/c1-11-3-4-14(21)16(17(11)20)18(25)12-9-15(22-10-12)19(26)23-13-5-7-24(2)8-6-13/h3-4,9-10,13,22H,5-8H2,1-2H3,(H,23,26). The Labute approximate surface area is 156 Å². The number of aromatic amines is 1. The van der Waals surface area contributed by atoms with Crippen LogP contribution in [-0.4, -0.2) is 47.8 Å². The van der Waals surface area contributed by atoms with Gasteiger partial charge in [0.1, 0.15) is 11.5 Å². The number of halogens is 2. The molecule has 0 spiro atoms. The van der Waals surface area contributed by atoms with Crippen molar-refractivity contribution in [1.82, 2.24) is 15.2 Å². The van der Waals surface area contributed by atoms with Gasteiger partial charge in [0.25, 0.3) is 5.91 Å². The first-order chi connectivity index (χ1) is 12.4. The van der Waals surface area contributed by atoms with Gasteiger partial charge in [-0.3, -0.25) is 9.59 Å². The molecule has 1 aliphatic heterocycles. The number of piperidine rings is 1. The summed E-state index contributed by atoms with van der Waals surface area (Å²) in [4.78, 5) is 30.0. The Kier molecular flexibility index (Phi) is 5.44. The van der Waals surface area contributed by atoms with Gasteiger partial charge in [0.15, 0.2) is 5.78 Å². The molecule has 0 aliphatic carbocycles. The fourth-order valence-corrected chi connectivity index (χ4v) is 3.32. The summed E-state index contributed by atoms with van der Waals surface area (Å²) < 4.78 is 14.1. The summed E-state index contributed by atoms with van der Waals surface area (Å²) in [5.74, 6) is -1.50. The van der Waals surface area contributed by atoms with E-state index in [0.717, 1.165) is 25.9 Å². The van der Waals surface area contributed by atoms with Crippen LogP contribution in [0.2, 0.25) is 5.02 Å². The molecular weight excluding hydrogens is 357 g/mol. The molecule has 138 valence electrons. The van der Waals surface area contributed by atoms with Crippen molar-refractivity contribution in [2.45, 2.75) is 25.8 Å². The van der Waals surface area contributed by atoms with Gasteiger partial charge >= 0.3 is 0 Å². The molecule has 1 amide bonds. The highest BCUT2D eigenvalue weighted by molar-refractivity contribution is 6.35. The van der Waals surface area contributed by atoms with Crippen molar-refractivity contribution in [2.24, 2.45) is 0 Å². The van der Waals surface area contributed by atoms with Crippen LogP contribution in [0.25, 0.3) is 0 Å². The predicted molar refractivity (Wildman–Crippen MR) is 98.4 cm³/mol. The molecule has 1 aromatic carbocycles. The van der Waals surface area contributed by atoms with Crippen LogP contribution in [0.4, 0.5) is 4.39 Å². The first-order valence-electron chi connectivity index (χ1n) is 8.54. The van der Waals surface area contributed by atoms with E-state index in [-0.39, 0.29) is 33.8 Å². The van der Waals surface area contributed by atoms with Crippen LogP contribution < -0.4 is 5.32 Å². The molecule has 0 atom stereocenters. The van der Waals surface area contributed by atoms with Gasteiger partial charge in [-0.15, -0.1) is 0 Å². The number of carbonyl (C=O) groups is 2. The average Bonchev–Trinajstić information content (AvgIpc) is 3.11. The molecule has 1 aromatic heterocycles. The minimum Gasteiger partial charge on any atom is -0.356 e. The lowest BCUT2D eigenvalue weighted by atomic mass is 10.0. The first-order valence-corrected chi connectivity index (χ1v) is 8.91. The number of H-pyrrole nitrogens is 1. The summed E-state index contributed by atoms with van der Waals surface area (Å²) in [6, 6.07) is 4.29. The number of benzene rings is 1. The maximum atomic E-state index is 14.1. The summed E-state index contributed by atoms with van der Waals surface area (Å²) in [6.07, 6.45) is 3.18. The number of ketones is 1. The molecule has 2 aromatic rings. The normalized spacial score (nSPS) is 15.8. The molecule has 26 heavy (non-hydrogen) atoms. The Morgan fingerprint density at radius 3 is 2.69 bits per heavy atom. The first kappa shape index (κ1) is 18.6. The lowest BCUT2D eigenvalue weighted by Gasteiger charge is -2.29. The Morgan fingerprint density at radius 1 is 1.31 bits per heavy atom. The number of carbonyl (C=O) groups excluding carboxylic acids is 2. The number of likely N-dealkylation sites (tertiary alicyclic amines) is 1. The lowest BCUT2D eigenvalue weighted by molar-refractivity contribution is 0.0912. The van der Waals surface area contributed by atoms with Crippen molar-refractivity contribution in [3.63, 3.8) is 0 Å². The molecule has 0 bridgehead atoms. The summed E-state index contributed by atoms with van der Waals surface area (Å²) in [5, 5.41) is 3.06. The smallest absolute Gasteiger partial charge is 0.267 e. The van der Waals surface area contributed by atoms with E-state index in [2.05, 4.69) is 22.2 Å². The van der Waals surface area contributed by atoms with Gasteiger partial charge in [0, 0.05) is 17.8 Å².